The molecular weight excluding hydrogens is 308 g/mol. The van der Waals surface area contributed by atoms with Gasteiger partial charge in [0.1, 0.15) is 5.69 Å². The summed E-state index contributed by atoms with van der Waals surface area (Å²) in [5.74, 6) is 0.622. The molecular formula is C17H20N4O3. The lowest BCUT2D eigenvalue weighted by Crippen LogP contribution is -2.51. The molecule has 0 radical (unpaired) electrons. The molecule has 0 N–H and O–H groups in total. The van der Waals surface area contributed by atoms with E-state index in [9.17, 15) is 14.9 Å². The topological polar surface area (TPSA) is 90.5 Å². The first-order valence-electron chi connectivity index (χ1n) is 8.29. The van der Waals surface area contributed by atoms with Gasteiger partial charge in [-0.25, -0.2) is 0 Å². The van der Waals surface area contributed by atoms with E-state index in [2.05, 4.69) is 0 Å². The second-order valence-electron chi connectivity index (χ2n) is 6.48. The second-order valence-corrected chi connectivity index (χ2v) is 6.48. The highest BCUT2D eigenvalue weighted by atomic mass is 16.6. The Morgan fingerprint density at radius 1 is 1.29 bits per heavy atom. The van der Waals surface area contributed by atoms with Crippen molar-refractivity contribution in [3.8, 4) is 6.07 Å². The van der Waals surface area contributed by atoms with Gasteiger partial charge in [0.2, 0.25) is 5.91 Å². The van der Waals surface area contributed by atoms with Crippen molar-refractivity contribution in [2.45, 2.75) is 25.7 Å². The van der Waals surface area contributed by atoms with Gasteiger partial charge in [0.05, 0.1) is 23.1 Å². The lowest BCUT2D eigenvalue weighted by molar-refractivity contribution is -0.384. The van der Waals surface area contributed by atoms with E-state index in [1.807, 2.05) is 11.0 Å². The highest BCUT2D eigenvalue weighted by Gasteiger charge is 2.30. The molecule has 2 aliphatic rings. The van der Waals surface area contributed by atoms with E-state index in [4.69, 9.17) is 5.26 Å². The SMILES string of the molecule is N#Cc1ccc(N2CCN(CC3CCCC3)C(=O)C2)c([N+](=O)[O-])c1. The number of benzene rings is 1. The van der Waals surface area contributed by atoms with E-state index in [-0.39, 0.29) is 23.7 Å². The fourth-order valence-corrected chi connectivity index (χ4v) is 3.62. The molecule has 7 nitrogen and oxygen atoms in total. The molecule has 0 atom stereocenters. The maximum Gasteiger partial charge on any atom is 0.293 e. The van der Waals surface area contributed by atoms with Gasteiger partial charge in [-0.1, -0.05) is 12.8 Å². The standard InChI is InChI=1S/C17H20N4O3/c18-10-14-5-6-15(16(9-14)21(23)24)19-7-8-20(17(22)12-19)11-13-3-1-2-4-13/h5-6,9,13H,1-4,7-8,11-12H2. The first-order chi connectivity index (χ1) is 11.6. The van der Waals surface area contributed by atoms with Crippen molar-refractivity contribution in [2.75, 3.05) is 31.1 Å². The van der Waals surface area contributed by atoms with E-state index >= 15 is 0 Å². The third-order valence-corrected chi connectivity index (χ3v) is 4.91. The number of piperazine rings is 1. The number of carbonyl (C=O) groups is 1. The first kappa shape index (κ1) is 16.2. The van der Waals surface area contributed by atoms with E-state index in [0.29, 0.717) is 24.7 Å². The van der Waals surface area contributed by atoms with Crippen molar-refractivity contribution in [3.05, 3.63) is 33.9 Å². The Morgan fingerprint density at radius 2 is 2.04 bits per heavy atom. The largest absolute Gasteiger partial charge is 0.355 e. The molecule has 126 valence electrons. The predicted molar refractivity (Wildman–Crippen MR) is 88.6 cm³/mol. The van der Waals surface area contributed by atoms with Crippen LogP contribution in [0.25, 0.3) is 0 Å². The number of nitriles is 1. The number of carbonyl (C=O) groups excluding carboxylic acids is 1. The van der Waals surface area contributed by atoms with Gasteiger partial charge in [0.15, 0.2) is 0 Å². The van der Waals surface area contributed by atoms with E-state index in [1.54, 1.807) is 17.0 Å². The van der Waals surface area contributed by atoms with Gasteiger partial charge in [0.25, 0.3) is 5.69 Å². The molecule has 0 aromatic heterocycles. The zero-order valence-corrected chi connectivity index (χ0v) is 13.5. The van der Waals surface area contributed by atoms with Gasteiger partial charge in [-0.3, -0.25) is 14.9 Å². The lowest BCUT2D eigenvalue weighted by Gasteiger charge is -2.36. The summed E-state index contributed by atoms with van der Waals surface area (Å²) in [7, 11) is 0. The van der Waals surface area contributed by atoms with Crippen LogP contribution in [-0.4, -0.2) is 41.9 Å². The van der Waals surface area contributed by atoms with Crippen molar-refractivity contribution >= 4 is 17.3 Å². The molecule has 1 aliphatic heterocycles. The summed E-state index contributed by atoms with van der Waals surface area (Å²) in [6.07, 6.45) is 4.87. The molecule has 24 heavy (non-hydrogen) atoms. The number of hydrogen-bond donors (Lipinski definition) is 0. The van der Waals surface area contributed by atoms with Gasteiger partial charge in [-0.05, 0) is 30.9 Å². The van der Waals surface area contributed by atoms with E-state index < -0.39 is 4.92 Å². The normalized spacial score (nSPS) is 18.7. The van der Waals surface area contributed by atoms with Gasteiger partial charge in [-0.2, -0.15) is 5.26 Å². The van der Waals surface area contributed by atoms with Crippen LogP contribution in [0.2, 0.25) is 0 Å². The highest BCUT2D eigenvalue weighted by molar-refractivity contribution is 5.84. The summed E-state index contributed by atoms with van der Waals surface area (Å²) in [4.78, 5) is 26.9. The Morgan fingerprint density at radius 3 is 2.67 bits per heavy atom. The molecule has 3 rings (SSSR count). The van der Waals surface area contributed by atoms with E-state index in [1.165, 1.54) is 31.7 Å². The Balaban J connectivity index is 1.72. The molecule has 0 bridgehead atoms. The van der Waals surface area contributed by atoms with Gasteiger partial charge in [-0.15, -0.1) is 0 Å². The molecule has 1 heterocycles. The smallest absolute Gasteiger partial charge is 0.293 e. The predicted octanol–water partition coefficient (Wildman–Crippen LogP) is 2.31. The van der Waals surface area contributed by atoms with E-state index in [0.717, 1.165) is 6.54 Å². The monoisotopic (exact) mass is 328 g/mol. The van der Waals surface area contributed by atoms with Crippen molar-refractivity contribution in [1.29, 1.82) is 5.26 Å². The zero-order chi connectivity index (χ0) is 17.1. The number of hydrogen-bond acceptors (Lipinski definition) is 5. The van der Waals surface area contributed by atoms with Crippen LogP contribution in [0, 0.1) is 27.4 Å². The molecule has 1 aliphatic carbocycles. The molecule has 1 saturated heterocycles. The molecule has 0 spiro atoms. The van der Waals surface area contributed by atoms with Crippen LogP contribution in [0.4, 0.5) is 11.4 Å². The van der Waals surface area contributed by atoms with Crippen LogP contribution in [0.5, 0.6) is 0 Å². The summed E-state index contributed by atoms with van der Waals surface area (Å²) in [6.45, 7) is 2.12. The van der Waals surface area contributed by atoms with Crippen molar-refractivity contribution in [3.63, 3.8) is 0 Å². The number of nitrogens with zero attached hydrogens (tertiary/aromatic N) is 4. The first-order valence-corrected chi connectivity index (χ1v) is 8.29. The minimum absolute atomic E-state index is 0.0202. The summed E-state index contributed by atoms with van der Waals surface area (Å²) in [6, 6.07) is 6.30. The Labute approximate surface area is 140 Å². The average Bonchev–Trinajstić information content (AvgIpc) is 3.09. The molecule has 1 saturated carbocycles. The number of nitro groups is 1. The quantitative estimate of drug-likeness (QED) is 0.625. The number of amides is 1. The van der Waals surface area contributed by atoms with Crippen molar-refractivity contribution in [1.82, 2.24) is 4.90 Å². The number of anilines is 1. The third kappa shape index (κ3) is 3.32. The third-order valence-electron chi connectivity index (χ3n) is 4.91. The number of rotatable bonds is 4. The molecule has 0 unspecified atom stereocenters. The maximum atomic E-state index is 12.4. The van der Waals surface area contributed by atoms with Crippen LogP contribution in [0.3, 0.4) is 0 Å². The van der Waals surface area contributed by atoms with Gasteiger partial charge in [0, 0.05) is 25.7 Å². The van der Waals surface area contributed by atoms with Crippen LogP contribution >= 0.6 is 0 Å². The Bertz CT molecular complexity index is 692. The van der Waals surface area contributed by atoms with Crippen LogP contribution in [0.1, 0.15) is 31.2 Å². The highest BCUT2D eigenvalue weighted by Crippen LogP contribution is 2.31. The van der Waals surface area contributed by atoms with Crippen LogP contribution in [0.15, 0.2) is 18.2 Å². The molecule has 7 heteroatoms. The average molecular weight is 328 g/mol. The molecule has 2 fully saturated rings. The Kier molecular flexibility index (Phi) is 4.65. The minimum atomic E-state index is -0.494. The van der Waals surface area contributed by atoms with Crippen molar-refractivity contribution < 1.29 is 9.72 Å². The fraction of sp³-hybridized carbons (Fsp3) is 0.529. The van der Waals surface area contributed by atoms with Gasteiger partial charge < -0.3 is 9.80 Å². The zero-order valence-electron chi connectivity index (χ0n) is 13.5. The summed E-state index contributed by atoms with van der Waals surface area (Å²) >= 11 is 0. The van der Waals surface area contributed by atoms with Gasteiger partial charge >= 0.3 is 0 Å². The lowest BCUT2D eigenvalue weighted by atomic mass is 10.1. The summed E-state index contributed by atoms with van der Waals surface area (Å²) in [5.41, 5.74) is 0.538. The number of nitro benzene ring substituents is 1. The molecule has 1 amide bonds. The van der Waals surface area contributed by atoms with Crippen LogP contribution in [-0.2, 0) is 4.79 Å². The summed E-state index contributed by atoms with van der Waals surface area (Å²) in [5, 5.41) is 20.2. The molecule has 1 aromatic carbocycles. The van der Waals surface area contributed by atoms with Crippen molar-refractivity contribution in [2.24, 2.45) is 5.92 Å². The maximum absolute atomic E-state index is 12.4. The molecule has 1 aromatic rings. The Hall–Kier alpha value is -2.62. The second kappa shape index (κ2) is 6.87. The van der Waals surface area contributed by atoms with Crippen LogP contribution < -0.4 is 4.90 Å². The summed E-state index contributed by atoms with van der Waals surface area (Å²) < 4.78 is 0. The minimum Gasteiger partial charge on any atom is -0.355 e. The fourth-order valence-electron chi connectivity index (χ4n) is 3.62.